The van der Waals surface area contributed by atoms with Crippen LogP contribution in [0.4, 0.5) is 22.7 Å². The third-order valence-electron chi connectivity index (χ3n) is 7.09. The molecule has 0 aliphatic carbocycles. The van der Waals surface area contributed by atoms with Crippen molar-refractivity contribution >= 4 is 81.0 Å². The number of thiophene rings is 1. The molecule has 38 heavy (non-hydrogen) atoms. The van der Waals surface area contributed by atoms with Crippen molar-refractivity contribution in [1.82, 2.24) is 0 Å². The van der Waals surface area contributed by atoms with Crippen LogP contribution < -0.4 is 10.6 Å². The number of para-hydroxylation sites is 1. The summed E-state index contributed by atoms with van der Waals surface area (Å²) in [7, 11) is 0. The molecule has 0 atom stereocenters. The summed E-state index contributed by atoms with van der Waals surface area (Å²) in [5.41, 5.74) is 12.8. The predicted molar refractivity (Wildman–Crippen MR) is 169 cm³/mol. The van der Waals surface area contributed by atoms with Gasteiger partial charge in [-0.05, 0) is 77.2 Å². The summed E-state index contributed by atoms with van der Waals surface area (Å²) in [6, 6.07) is 45.2. The van der Waals surface area contributed by atoms with Gasteiger partial charge in [-0.1, -0.05) is 82.7 Å². The summed E-state index contributed by atoms with van der Waals surface area (Å²) >= 11 is 5.53. The Labute approximate surface area is 233 Å². The standard InChI is InChI=1S/C34H23BrN2S/c35-30-11-6-10-28-26(18-19-31(36)34(28)30)22-13-15-24(16-14-22)37(23-7-2-1-3-8-23)25-17-20-33-29(21-25)27-9-4-5-12-32(27)38-33/h1-21H,36H2. The molecule has 2 nitrogen and oxygen atoms in total. The summed E-state index contributed by atoms with van der Waals surface area (Å²) < 4.78 is 3.63. The van der Waals surface area contributed by atoms with E-state index in [0.29, 0.717) is 0 Å². The summed E-state index contributed by atoms with van der Waals surface area (Å²) in [6.45, 7) is 0. The molecule has 1 aromatic heterocycles. The monoisotopic (exact) mass is 570 g/mol. The third kappa shape index (κ3) is 3.85. The van der Waals surface area contributed by atoms with Crippen molar-refractivity contribution in [2.75, 3.05) is 10.6 Å². The Bertz CT molecular complexity index is 1930. The van der Waals surface area contributed by atoms with Crippen molar-refractivity contribution in [1.29, 1.82) is 0 Å². The normalized spacial score (nSPS) is 11.4. The van der Waals surface area contributed by atoms with E-state index < -0.39 is 0 Å². The van der Waals surface area contributed by atoms with Gasteiger partial charge < -0.3 is 10.6 Å². The Morgan fingerprint density at radius 2 is 1.24 bits per heavy atom. The summed E-state index contributed by atoms with van der Waals surface area (Å²) in [6.07, 6.45) is 0. The second-order valence-electron chi connectivity index (χ2n) is 9.36. The van der Waals surface area contributed by atoms with Gasteiger partial charge in [0.2, 0.25) is 0 Å². The van der Waals surface area contributed by atoms with Crippen molar-refractivity contribution in [3.63, 3.8) is 0 Å². The molecule has 0 saturated heterocycles. The molecule has 2 N–H and O–H groups in total. The smallest absolute Gasteiger partial charge is 0.0468 e. The minimum absolute atomic E-state index is 0.777. The number of benzene rings is 6. The van der Waals surface area contributed by atoms with Crippen molar-refractivity contribution < 1.29 is 0 Å². The molecule has 0 spiro atoms. The molecular formula is C34H23BrN2S. The van der Waals surface area contributed by atoms with Crippen LogP contribution in [0.25, 0.3) is 42.1 Å². The van der Waals surface area contributed by atoms with Gasteiger partial charge in [0, 0.05) is 52.8 Å². The third-order valence-corrected chi connectivity index (χ3v) is 8.90. The van der Waals surface area contributed by atoms with Crippen LogP contribution in [-0.4, -0.2) is 0 Å². The number of nitrogens with zero attached hydrogens (tertiary/aromatic N) is 1. The van der Waals surface area contributed by atoms with Crippen LogP contribution in [0.1, 0.15) is 0 Å². The van der Waals surface area contributed by atoms with E-state index in [4.69, 9.17) is 5.73 Å². The highest BCUT2D eigenvalue weighted by Crippen LogP contribution is 2.42. The van der Waals surface area contributed by atoms with E-state index in [1.807, 2.05) is 23.5 Å². The Balaban J connectivity index is 1.36. The molecule has 6 aromatic carbocycles. The maximum absolute atomic E-state index is 6.33. The first kappa shape index (κ1) is 23.0. The Hall–Kier alpha value is -4.12. The number of halogens is 1. The van der Waals surface area contributed by atoms with Gasteiger partial charge in [0.25, 0.3) is 0 Å². The number of hydrogen-bond acceptors (Lipinski definition) is 3. The zero-order chi connectivity index (χ0) is 25.6. The molecular weight excluding hydrogens is 548 g/mol. The zero-order valence-corrected chi connectivity index (χ0v) is 22.8. The Kier molecular flexibility index (Phi) is 5.65. The Morgan fingerprint density at radius 1 is 0.553 bits per heavy atom. The van der Waals surface area contributed by atoms with E-state index in [9.17, 15) is 0 Å². The number of nitrogens with two attached hydrogens (primary N) is 1. The lowest BCUT2D eigenvalue weighted by atomic mass is 9.97. The molecule has 0 aliphatic rings. The topological polar surface area (TPSA) is 29.3 Å². The minimum atomic E-state index is 0.777. The van der Waals surface area contributed by atoms with Crippen LogP contribution >= 0.6 is 27.3 Å². The molecule has 0 amide bonds. The lowest BCUT2D eigenvalue weighted by molar-refractivity contribution is 1.29. The number of rotatable bonds is 4. The lowest BCUT2D eigenvalue weighted by Gasteiger charge is -2.26. The molecule has 0 saturated carbocycles. The van der Waals surface area contributed by atoms with Crippen LogP contribution in [0.3, 0.4) is 0 Å². The quantitative estimate of drug-likeness (QED) is 0.213. The van der Waals surface area contributed by atoms with Gasteiger partial charge in [0.05, 0.1) is 0 Å². The maximum atomic E-state index is 6.33. The van der Waals surface area contributed by atoms with Gasteiger partial charge in [0.1, 0.15) is 0 Å². The zero-order valence-electron chi connectivity index (χ0n) is 20.4. The predicted octanol–water partition coefficient (Wildman–Crippen LogP) is 10.7. The van der Waals surface area contributed by atoms with Gasteiger partial charge >= 0.3 is 0 Å². The fourth-order valence-corrected chi connectivity index (χ4v) is 6.99. The van der Waals surface area contributed by atoms with Gasteiger partial charge in [-0.3, -0.25) is 0 Å². The van der Waals surface area contributed by atoms with Gasteiger partial charge in [-0.15, -0.1) is 11.3 Å². The second kappa shape index (κ2) is 9.32. The van der Waals surface area contributed by atoms with E-state index in [1.165, 1.54) is 25.7 Å². The van der Waals surface area contributed by atoms with Crippen molar-refractivity contribution in [3.8, 4) is 11.1 Å². The highest BCUT2D eigenvalue weighted by Gasteiger charge is 2.15. The van der Waals surface area contributed by atoms with E-state index >= 15 is 0 Å². The summed E-state index contributed by atoms with van der Waals surface area (Å²) in [4.78, 5) is 2.33. The van der Waals surface area contributed by atoms with Crippen molar-refractivity contribution in [2.24, 2.45) is 0 Å². The average Bonchev–Trinajstić information content (AvgIpc) is 3.33. The number of fused-ring (bicyclic) bond motifs is 4. The van der Waals surface area contributed by atoms with Crippen LogP contribution in [0.15, 0.2) is 132 Å². The van der Waals surface area contributed by atoms with Gasteiger partial charge in [-0.25, -0.2) is 0 Å². The summed E-state index contributed by atoms with van der Waals surface area (Å²) in [5.74, 6) is 0. The molecule has 7 rings (SSSR count). The molecule has 0 bridgehead atoms. The number of hydrogen-bond donors (Lipinski definition) is 1. The van der Waals surface area contributed by atoms with Crippen LogP contribution in [0.2, 0.25) is 0 Å². The van der Waals surface area contributed by atoms with E-state index in [2.05, 4.69) is 136 Å². The Morgan fingerprint density at radius 3 is 2.08 bits per heavy atom. The molecule has 0 fully saturated rings. The van der Waals surface area contributed by atoms with Crippen LogP contribution in [-0.2, 0) is 0 Å². The molecule has 7 aromatic rings. The lowest BCUT2D eigenvalue weighted by Crippen LogP contribution is -2.09. The fraction of sp³-hybridized carbons (Fsp3) is 0. The first-order chi connectivity index (χ1) is 18.7. The van der Waals surface area contributed by atoms with E-state index in [0.717, 1.165) is 43.6 Å². The molecule has 182 valence electrons. The molecule has 0 aliphatic heterocycles. The second-order valence-corrected chi connectivity index (χ2v) is 11.3. The van der Waals surface area contributed by atoms with Crippen molar-refractivity contribution in [3.05, 3.63) is 132 Å². The molecule has 4 heteroatoms. The average molecular weight is 572 g/mol. The van der Waals surface area contributed by atoms with Crippen molar-refractivity contribution in [2.45, 2.75) is 0 Å². The summed E-state index contributed by atoms with van der Waals surface area (Å²) in [5, 5.41) is 4.79. The highest BCUT2D eigenvalue weighted by atomic mass is 79.9. The highest BCUT2D eigenvalue weighted by molar-refractivity contribution is 9.10. The van der Waals surface area contributed by atoms with Gasteiger partial charge in [-0.2, -0.15) is 0 Å². The van der Waals surface area contributed by atoms with Crippen LogP contribution in [0.5, 0.6) is 0 Å². The first-order valence-corrected chi connectivity index (χ1v) is 14.1. The molecule has 1 heterocycles. The van der Waals surface area contributed by atoms with E-state index in [-0.39, 0.29) is 0 Å². The molecule has 0 radical (unpaired) electrons. The van der Waals surface area contributed by atoms with E-state index in [1.54, 1.807) is 0 Å². The molecule has 0 unspecified atom stereocenters. The number of nitrogen functional groups attached to an aromatic ring is 1. The SMILES string of the molecule is Nc1ccc(-c2ccc(N(c3ccccc3)c3ccc4sc5ccccc5c4c3)cc2)c2cccc(Br)c12. The minimum Gasteiger partial charge on any atom is -0.398 e. The van der Waals surface area contributed by atoms with Gasteiger partial charge in [0.15, 0.2) is 0 Å². The fourth-order valence-electron chi connectivity index (χ4n) is 5.31. The van der Waals surface area contributed by atoms with Crippen LogP contribution in [0, 0.1) is 0 Å². The first-order valence-electron chi connectivity index (χ1n) is 12.5. The maximum Gasteiger partial charge on any atom is 0.0468 e. The number of anilines is 4. The largest absolute Gasteiger partial charge is 0.398 e.